The van der Waals surface area contributed by atoms with Crippen molar-refractivity contribution in [3.8, 4) is 0 Å². The molecule has 0 aromatic carbocycles. The highest BCUT2D eigenvalue weighted by Gasteiger charge is 2.07. The van der Waals surface area contributed by atoms with E-state index in [0.717, 1.165) is 18.7 Å². The van der Waals surface area contributed by atoms with Crippen LogP contribution in [0.25, 0.3) is 0 Å². The number of hydrogen-bond acceptors (Lipinski definition) is 2. The lowest BCUT2D eigenvalue weighted by molar-refractivity contribution is 0.549. The van der Waals surface area contributed by atoms with Gasteiger partial charge in [-0.2, -0.15) is 0 Å². The Balaban J connectivity index is 2.33. The Hall–Kier alpha value is -1.31. The van der Waals surface area contributed by atoms with E-state index < -0.39 is 0 Å². The van der Waals surface area contributed by atoms with E-state index in [1.54, 1.807) is 0 Å². The summed E-state index contributed by atoms with van der Waals surface area (Å²) in [6.45, 7) is 3.08. The van der Waals surface area contributed by atoms with Gasteiger partial charge in [0.15, 0.2) is 0 Å². The van der Waals surface area contributed by atoms with Crippen molar-refractivity contribution in [1.82, 2.24) is 4.90 Å². The molecule has 0 unspecified atom stereocenters. The fourth-order valence-electron chi connectivity index (χ4n) is 1.34. The van der Waals surface area contributed by atoms with Crippen LogP contribution in [0.3, 0.4) is 0 Å². The molecule has 0 N–H and O–H groups in total. The molecule has 0 saturated carbocycles. The van der Waals surface area contributed by atoms with Crippen LogP contribution in [0.1, 0.15) is 13.3 Å². The van der Waals surface area contributed by atoms with Gasteiger partial charge in [0.2, 0.25) is 0 Å². The summed E-state index contributed by atoms with van der Waals surface area (Å²) in [5.41, 5.74) is 2.42. The van der Waals surface area contributed by atoms with Crippen molar-refractivity contribution in [1.29, 1.82) is 0 Å². The average Bonchev–Trinajstić information content (AvgIpc) is 2.25. The Morgan fingerprint density at radius 2 is 2.50 bits per heavy atom. The van der Waals surface area contributed by atoms with E-state index in [2.05, 4.69) is 41.4 Å². The molecule has 0 radical (unpaired) electrons. The van der Waals surface area contributed by atoms with Crippen LogP contribution in [0.2, 0.25) is 0 Å². The molecule has 0 fully saturated rings. The van der Waals surface area contributed by atoms with Gasteiger partial charge in [-0.25, -0.2) is 0 Å². The second-order valence-corrected chi connectivity index (χ2v) is 2.99. The number of hydrogen-bond donors (Lipinski definition) is 0. The number of fused-ring (bicyclic) bond motifs is 2. The van der Waals surface area contributed by atoms with Gasteiger partial charge < -0.3 is 4.90 Å². The van der Waals surface area contributed by atoms with Gasteiger partial charge in [-0.15, -0.1) is 0 Å². The van der Waals surface area contributed by atoms with E-state index in [4.69, 9.17) is 0 Å². The highest BCUT2D eigenvalue weighted by molar-refractivity contribution is 5.81. The minimum absolute atomic E-state index is 0.962. The van der Waals surface area contributed by atoms with Crippen molar-refractivity contribution >= 4 is 6.21 Å². The molecule has 0 aromatic heterocycles. The van der Waals surface area contributed by atoms with E-state index in [-0.39, 0.29) is 0 Å². The van der Waals surface area contributed by atoms with Gasteiger partial charge in [0, 0.05) is 25.2 Å². The Morgan fingerprint density at radius 1 is 1.58 bits per heavy atom. The lowest BCUT2D eigenvalue weighted by atomic mass is 10.2. The average molecular weight is 160 g/mol. The van der Waals surface area contributed by atoms with E-state index in [1.165, 1.54) is 5.57 Å². The molecule has 2 aliphatic heterocycles. The number of aliphatic imine (C=N–C) groups is 1. The fourth-order valence-corrected chi connectivity index (χ4v) is 1.34. The normalized spacial score (nSPS) is 20.2. The first kappa shape index (κ1) is 7.35. The summed E-state index contributed by atoms with van der Waals surface area (Å²) >= 11 is 0. The van der Waals surface area contributed by atoms with Crippen LogP contribution in [-0.4, -0.2) is 17.7 Å². The van der Waals surface area contributed by atoms with Crippen molar-refractivity contribution in [3.05, 3.63) is 35.8 Å². The topological polar surface area (TPSA) is 15.6 Å². The summed E-state index contributed by atoms with van der Waals surface area (Å²) in [5.74, 6) is 0. The van der Waals surface area contributed by atoms with Gasteiger partial charge in [-0.3, -0.25) is 4.99 Å². The standard InChI is InChI=1S/C10H12N2/c1-2-10-8-12-5-3-4-9(7-12)6-11-10/h3-6,8H,2,7H2,1H3. The van der Waals surface area contributed by atoms with E-state index in [0.29, 0.717) is 0 Å². The highest BCUT2D eigenvalue weighted by Crippen LogP contribution is 2.14. The molecule has 2 heterocycles. The number of nitrogens with zero attached hydrogens (tertiary/aromatic N) is 2. The molecule has 12 heavy (non-hydrogen) atoms. The first-order chi connectivity index (χ1) is 5.88. The summed E-state index contributed by atoms with van der Waals surface area (Å²) in [4.78, 5) is 6.54. The smallest absolute Gasteiger partial charge is 0.0562 e. The van der Waals surface area contributed by atoms with Crippen molar-refractivity contribution in [2.24, 2.45) is 4.99 Å². The maximum atomic E-state index is 4.37. The third-order valence-electron chi connectivity index (χ3n) is 2.03. The summed E-state index contributed by atoms with van der Waals surface area (Å²) in [6.07, 6.45) is 11.3. The molecular weight excluding hydrogens is 148 g/mol. The second kappa shape index (κ2) is 2.97. The van der Waals surface area contributed by atoms with Gasteiger partial charge in [-0.05, 0) is 18.1 Å². The van der Waals surface area contributed by atoms with Crippen LogP contribution < -0.4 is 0 Å². The first-order valence-electron chi connectivity index (χ1n) is 4.26. The third kappa shape index (κ3) is 1.33. The van der Waals surface area contributed by atoms with Crippen LogP contribution >= 0.6 is 0 Å². The van der Waals surface area contributed by atoms with Crippen LogP contribution in [0.4, 0.5) is 0 Å². The third-order valence-corrected chi connectivity index (χ3v) is 2.03. The molecule has 0 aliphatic carbocycles. The van der Waals surface area contributed by atoms with Crippen LogP contribution in [0.5, 0.6) is 0 Å². The van der Waals surface area contributed by atoms with Gasteiger partial charge in [-0.1, -0.05) is 13.0 Å². The summed E-state index contributed by atoms with van der Waals surface area (Å²) in [5, 5.41) is 0. The molecule has 0 atom stereocenters. The van der Waals surface area contributed by atoms with Gasteiger partial charge in [0.1, 0.15) is 0 Å². The fraction of sp³-hybridized carbons (Fsp3) is 0.300. The summed E-state index contributed by atoms with van der Waals surface area (Å²) < 4.78 is 0. The van der Waals surface area contributed by atoms with E-state index in [1.807, 2.05) is 6.21 Å². The number of rotatable bonds is 1. The largest absolute Gasteiger partial charge is 0.348 e. The zero-order valence-corrected chi connectivity index (χ0v) is 7.20. The molecule has 0 saturated heterocycles. The molecule has 0 spiro atoms. The molecule has 2 bridgehead atoms. The van der Waals surface area contributed by atoms with Crippen molar-refractivity contribution in [2.45, 2.75) is 13.3 Å². The maximum Gasteiger partial charge on any atom is 0.0562 e. The SMILES string of the molecule is CCC1=CN2C=CC=C(C=N1)C2. The van der Waals surface area contributed by atoms with Gasteiger partial charge in [0.25, 0.3) is 0 Å². The molecule has 0 amide bonds. The Kier molecular flexibility index (Phi) is 1.82. The molecule has 62 valence electrons. The Morgan fingerprint density at radius 3 is 3.33 bits per heavy atom. The predicted molar refractivity (Wildman–Crippen MR) is 50.8 cm³/mol. The van der Waals surface area contributed by atoms with Gasteiger partial charge >= 0.3 is 0 Å². The lowest BCUT2D eigenvalue weighted by Gasteiger charge is -2.17. The molecule has 2 rings (SSSR count). The molecule has 0 aromatic rings. The maximum absolute atomic E-state index is 4.37. The van der Waals surface area contributed by atoms with Crippen LogP contribution in [0.15, 0.2) is 40.8 Å². The second-order valence-electron chi connectivity index (χ2n) is 2.99. The molecule has 2 heteroatoms. The van der Waals surface area contributed by atoms with Crippen LogP contribution in [-0.2, 0) is 0 Å². The monoisotopic (exact) mass is 160 g/mol. The van der Waals surface area contributed by atoms with Crippen molar-refractivity contribution in [2.75, 3.05) is 6.54 Å². The summed E-state index contributed by atoms with van der Waals surface area (Å²) in [6, 6.07) is 0. The lowest BCUT2D eigenvalue weighted by Crippen LogP contribution is -2.15. The highest BCUT2D eigenvalue weighted by atomic mass is 15.1. The minimum atomic E-state index is 0.962. The Bertz CT molecular complexity index is 295. The van der Waals surface area contributed by atoms with Crippen molar-refractivity contribution in [3.63, 3.8) is 0 Å². The van der Waals surface area contributed by atoms with Gasteiger partial charge in [0.05, 0.1) is 5.70 Å². The van der Waals surface area contributed by atoms with E-state index in [9.17, 15) is 0 Å². The first-order valence-corrected chi connectivity index (χ1v) is 4.26. The zero-order chi connectivity index (χ0) is 8.39. The zero-order valence-electron chi connectivity index (χ0n) is 7.20. The predicted octanol–water partition coefficient (Wildman–Crippen LogP) is 2.08. The van der Waals surface area contributed by atoms with Crippen LogP contribution in [0, 0.1) is 0 Å². The quantitative estimate of drug-likeness (QED) is 0.573. The molecule has 2 nitrogen and oxygen atoms in total. The van der Waals surface area contributed by atoms with Crippen molar-refractivity contribution < 1.29 is 0 Å². The summed E-state index contributed by atoms with van der Waals surface area (Å²) in [7, 11) is 0. The molecular formula is C10H12N2. The molecule has 2 aliphatic rings. The number of allylic oxidation sites excluding steroid dienone is 3. The Labute approximate surface area is 72.6 Å². The van der Waals surface area contributed by atoms with E-state index >= 15 is 0 Å². The minimum Gasteiger partial charge on any atom is -0.348 e.